The van der Waals surface area contributed by atoms with Crippen molar-refractivity contribution in [1.82, 2.24) is 14.8 Å². The second kappa shape index (κ2) is 16.9. The van der Waals surface area contributed by atoms with Gasteiger partial charge in [-0.15, -0.1) is 0 Å². The summed E-state index contributed by atoms with van der Waals surface area (Å²) in [6.07, 6.45) is 0.489. The van der Waals surface area contributed by atoms with Crippen molar-refractivity contribution >= 4 is 17.5 Å². The highest BCUT2D eigenvalue weighted by Gasteiger charge is 2.32. The van der Waals surface area contributed by atoms with E-state index >= 15 is 0 Å². The number of amides is 2. The molecule has 0 fully saturated rings. The quantitative estimate of drug-likeness (QED) is 0.291. The molecular weight excluding hydrogens is 625 g/mol. The van der Waals surface area contributed by atoms with Crippen molar-refractivity contribution in [1.29, 1.82) is 0 Å². The molecule has 0 radical (unpaired) electrons. The van der Waals surface area contributed by atoms with Crippen LogP contribution < -0.4 is 10.1 Å². The number of hydrogen-bond acceptors (Lipinski definition) is 7. The van der Waals surface area contributed by atoms with E-state index in [1.807, 2.05) is 25.8 Å². The maximum Gasteiger partial charge on any atom is 0.416 e. The number of fused-ring (bicyclic) bond motifs is 1. The van der Waals surface area contributed by atoms with E-state index in [-0.39, 0.29) is 48.7 Å². The predicted octanol–water partition coefficient (Wildman–Crippen LogP) is 6.28. The molecule has 4 atom stereocenters. The Bertz CT molecular complexity index is 1490. The number of nitrogens with one attached hydrogen (secondary N) is 1. The lowest BCUT2D eigenvalue weighted by Gasteiger charge is -2.36. The summed E-state index contributed by atoms with van der Waals surface area (Å²) in [5.41, 5.74) is 1.14. The second-order valence-corrected chi connectivity index (χ2v) is 12.6. The van der Waals surface area contributed by atoms with Gasteiger partial charge < -0.3 is 24.8 Å². The Hall–Kier alpha value is -4.00. The normalized spacial score (nSPS) is 20.4. The molecule has 0 spiro atoms. The van der Waals surface area contributed by atoms with Gasteiger partial charge in [-0.2, -0.15) is 13.2 Å². The molecule has 260 valence electrons. The van der Waals surface area contributed by atoms with E-state index in [1.54, 1.807) is 42.2 Å². The second-order valence-electron chi connectivity index (χ2n) is 12.6. The molecule has 12 heteroatoms. The van der Waals surface area contributed by atoms with Crippen LogP contribution in [-0.4, -0.2) is 83.3 Å². The fourth-order valence-electron chi connectivity index (χ4n) is 5.65. The number of pyridine rings is 1. The molecule has 0 saturated carbocycles. The third-order valence-corrected chi connectivity index (χ3v) is 8.48. The summed E-state index contributed by atoms with van der Waals surface area (Å²) in [4.78, 5) is 34.8. The molecule has 2 amide bonds. The fraction of sp³-hybridized carbons (Fsp3) is 0.472. The minimum Gasteiger partial charge on any atom is -0.490 e. The number of halogens is 3. The van der Waals surface area contributed by atoms with Crippen LogP contribution in [-0.2, 0) is 17.5 Å². The zero-order chi connectivity index (χ0) is 34.8. The number of likely N-dealkylation sites (N-methyl/N-ethyl adjacent to an activating group) is 1. The van der Waals surface area contributed by atoms with Gasteiger partial charge in [0.05, 0.1) is 36.0 Å². The number of hydrogen-bond donors (Lipinski definition) is 2. The zero-order valence-corrected chi connectivity index (χ0v) is 27.9. The minimum atomic E-state index is -4.39. The molecule has 0 aliphatic carbocycles. The number of carbonyl (C=O) groups is 2. The number of anilines is 1. The lowest BCUT2D eigenvalue weighted by Crippen LogP contribution is -2.47. The largest absolute Gasteiger partial charge is 0.490 e. The van der Waals surface area contributed by atoms with Crippen LogP contribution >= 0.6 is 0 Å². The van der Waals surface area contributed by atoms with Crippen molar-refractivity contribution < 1.29 is 37.3 Å². The van der Waals surface area contributed by atoms with Gasteiger partial charge in [-0.25, -0.2) is 0 Å². The number of nitrogens with zero attached hydrogens (tertiary/aromatic N) is 3. The lowest BCUT2D eigenvalue weighted by atomic mass is 10.0. The molecule has 1 aliphatic heterocycles. The van der Waals surface area contributed by atoms with E-state index in [1.165, 1.54) is 24.5 Å². The highest BCUT2D eigenvalue weighted by atomic mass is 19.4. The monoisotopic (exact) mass is 670 g/mol. The molecule has 48 heavy (non-hydrogen) atoms. The van der Waals surface area contributed by atoms with Crippen LogP contribution in [0.2, 0.25) is 0 Å². The average molecular weight is 671 g/mol. The van der Waals surface area contributed by atoms with Crippen LogP contribution in [0.4, 0.5) is 18.9 Å². The summed E-state index contributed by atoms with van der Waals surface area (Å²) >= 11 is 0. The van der Waals surface area contributed by atoms with E-state index in [9.17, 15) is 27.9 Å². The molecule has 1 aliphatic rings. The summed E-state index contributed by atoms with van der Waals surface area (Å²) < 4.78 is 51.8. The molecule has 2 heterocycles. The zero-order valence-electron chi connectivity index (χ0n) is 27.9. The van der Waals surface area contributed by atoms with Gasteiger partial charge in [-0.3, -0.25) is 19.5 Å². The molecule has 2 aromatic carbocycles. The number of benzene rings is 2. The van der Waals surface area contributed by atoms with E-state index in [2.05, 4.69) is 10.3 Å². The van der Waals surface area contributed by atoms with Crippen molar-refractivity contribution in [3.63, 3.8) is 0 Å². The standard InChI is InChI=1S/C36H45F3N4O5/c1-24-20-43(25(2)23-44)35(46)31-19-30(41-34(45)28-14-16-40-17-15-28)12-13-32(31)48-26(3)7-5-6-18-47-33(24)22-42(4)21-27-8-10-29(11-9-27)36(37,38)39/h8-17,19,24-26,33,44H,5-7,18,20-23H2,1-4H3,(H,41,45)/t24-,25-,26+,33+/m1/s1. The molecule has 1 aromatic heterocycles. The Morgan fingerprint density at radius 1 is 1.10 bits per heavy atom. The van der Waals surface area contributed by atoms with Crippen LogP contribution in [0, 0.1) is 5.92 Å². The number of ether oxygens (including phenoxy) is 2. The Labute approximate surface area is 280 Å². The first kappa shape index (κ1) is 36.8. The Morgan fingerprint density at radius 2 is 1.81 bits per heavy atom. The number of carbonyl (C=O) groups excluding carboxylic acids is 2. The third-order valence-electron chi connectivity index (χ3n) is 8.48. The molecule has 4 rings (SSSR count). The SMILES string of the molecule is C[C@@H]1CN([C@H](C)CO)C(=O)c2cc(NC(=O)c3ccncc3)ccc2O[C@@H](C)CCCCO[C@H]1CN(C)Cc1ccc(C(F)(F)F)cc1. The van der Waals surface area contributed by atoms with Crippen LogP contribution in [0.3, 0.4) is 0 Å². The van der Waals surface area contributed by atoms with Gasteiger partial charge in [0.2, 0.25) is 0 Å². The van der Waals surface area contributed by atoms with Crippen LogP contribution in [0.1, 0.15) is 71.9 Å². The first-order valence-electron chi connectivity index (χ1n) is 16.3. The van der Waals surface area contributed by atoms with Gasteiger partial charge in [0.15, 0.2) is 0 Å². The maximum absolute atomic E-state index is 14.3. The summed E-state index contributed by atoms with van der Waals surface area (Å²) in [5.74, 6) is -0.508. The molecule has 0 saturated heterocycles. The van der Waals surface area contributed by atoms with Crippen LogP contribution in [0.5, 0.6) is 5.75 Å². The fourth-order valence-corrected chi connectivity index (χ4v) is 5.65. The molecule has 9 nitrogen and oxygen atoms in total. The first-order chi connectivity index (χ1) is 22.8. The molecule has 3 aromatic rings. The lowest BCUT2D eigenvalue weighted by molar-refractivity contribution is -0.137. The van der Waals surface area contributed by atoms with Gasteiger partial charge in [0.1, 0.15) is 5.75 Å². The third kappa shape index (κ3) is 10.2. The minimum absolute atomic E-state index is 0.182. The van der Waals surface area contributed by atoms with Gasteiger partial charge in [-0.05, 0) is 88.2 Å². The van der Waals surface area contributed by atoms with Gasteiger partial charge in [-0.1, -0.05) is 19.1 Å². The molecule has 2 N–H and O–H groups in total. The van der Waals surface area contributed by atoms with Crippen molar-refractivity contribution in [2.75, 3.05) is 38.7 Å². The summed E-state index contributed by atoms with van der Waals surface area (Å²) in [6, 6.07) is 12.8. The average Bonchev–Trinajstić information content (AvgIpc) is 3.06. The Morgan fingerprint density at radius 3 is 2.48 bits per heavy atom. The highest BCUT2D eigenvalue weighted by Crippen LogP contribution is 2.30. The number of aliphatic hydroxyl groups is 1. The van der Waals surface area contributed by atoms with E-state index in [4.69, 9.17) is 9.47 Å². The van der Waals surface area contributed by atoms with Gasteiger partial charge in [0.25, 0.3) is 11.8 Å². The van der Waals surface area contributed by atoms with E-state index < -0.39 is 17.8 Å². The number of rotatable bonds is 8. The van der Waals surface area contributed by atoms with Crippen molar-refractivity contribution in [2.45, 2.75) is 71.0 Å². The number of alkyl halides is 3. The predicted molar refractivity (Wildman–Crippen MR) is 177 cm³/mol. The summed E-state index contributed by atoms with van der Waals surface area (Å²) in [6.45, 7) is 7.04. The Balaban J connectivity index is 1.58. The summed E-state index contributed by atoms with van der Waals surface area (Å²) in [7, 11) is 1.88. The Kier molecular flexibility index (Phi) is 13.0. The van der Waals surface area contributed by atoms with E-state index in [0.29, 0.717) is 36.7 Å². The highest BCUT2D eigenvalue weighted by molar-refractivity contribution is 6.05. The summed E-state index contributed by atoms with van der Waals surface area (Å²) in [5, 5.41) is 13.0. The first-order valence-corrected chi connectivity index (χ1v) is 16.3. The number of aromatic nitrogens is 1. The molecule has 0 unspecified atom stereocenters. The molecule has 0 bridgehead atoms. The topological polar surface area (TPSA) is 104 Å². The van der Waals surface area contributed by atoms with Crippen molar-refractivity contribution in [3.8, 4) is 5.75 Å². The van der Waals surface area contributed by atoms with Crippen LogP contribution in [0.15, 0.2) is 67.0 Å². The van der Waals surface area contributed by atoms with Crippen LogP contribution in [0.25, 0.3) is 0 Å². The van der Waals surface area contributed by atoms with E-state index in [0.717, 1.165) is 37.0 Å². The number of aliphatic hydroxyl groups excluding tert-OH is 1. The smallest absolute Gasteiger partial charge is 0.416 e. The van der Waals surface area contributed by atoms with Gasteiger partial charge in [0, 0.05) is 55.8 Å². The van der Waals surface area contributed by atoms with Crippen molar-refractivity contribution in [3.05, 3.63) is 89.2 Å². The van der Waals surface area contributed by atoms with Crippen molar-refractivity contribution in [2.24, 2.45) is 5.92 Å². The molecular formula is C36H45F3N4O5. The maximum atomic E-state index is 14.3. The van der Waals surface area contributed by atoms with Gasteiger partial charge >= 0.3 is 6.18 Å².